The van der Waals surface area contributed by atoms with Gasteiger partial charge in [0.25, 0.3) is 0 Å². The van der Waals surface area contributed by atoms with Crippen LogP contribution >= 0.6 is 0 Å². The van der Waals surface area contributed by atoms with Crippen molar-refractivity contribution in [1.29, 1.82) is 0 Å². The topological polar surface area (TPSA) is 97.7 Å². The molecule has 1 rings (SSSR count). The van der Waals surface area contributed by atoms with Crippen LogP contribution in [-0.2, 0) is 10.1 Å². The fourth-order valence-electron chi connectivity index (χ4n) is 0.712. The van der Waals surface area contributed by atoms with Gasteiger partial charge in [-0.3, -0.25) is 0 Å². The molecule has 7 heteroatoms. The third-order valence-corrected chi connectivity index (χ3v) is 1.98. The summed E-state index contributed by atoms with van der Waals surface area (Å²) in [6, 6.07) is 2.46. The van der Waals surface area contributed by atoms with Crippen molar-refractivity contribution in [1.82, 2.24) is 0 Å². The molecule has 66 valence electrons. The van der Waals surface area contributed by atoms with E-state index in [-0.39, 0.29) is 29.6 Å². The average Bonchev–Trinajstić information content (AvgIpc) is 1.82. The van der Waals surface area contributed by atoms with Crippen LogP contribution in [0.15, 0.2) is 23.1 Å². The number of aromatic hydroxyl groups is 2. The van der Waals surface area contributed by atoms with E-state index in [1.54, 1.807) is 0 Å². The molecule has 2 N–H and O–H groups in total. The summed E-state index contributed by atoms with van der Waals surface area (Å²) in [5, 5.41) is 17.6. The van der Waals surface area contributed by atoms with E-state index < -0.39 is 26.5 Å². The van der Waals surface area contributed by atoms with E-state index in [0.29, 0.717) is 0 Å². The first-order valence-corrected chi connectivity index (χ1v) is 4.29. The molecule has 13 heavy (non-hydrogen) atoms. The van der Waals surface area contributed by atoms with Gasteiger partial charge in [-0.1, -0.05) is 0 Å². The Morgan fingerprint density at radius 3 is 1.77 bits per heavy atom. The molecule has 5 nitrogen and oxygen atoms in total. The number of phenolic OH excluding ortho intramolecular Hbond substituents is 2. The Morgan fingerprint density at radius 1 is 1.08 bits per heavy atom. The van der Waals surface area contributed by atoms with Crippen LogP contribution in [0, 0.1) is 0 Å². The van der Waals surface area contributed by atoms with E-state index in [2.05, 4.69) is 0 Å². The zero-order valence-corrected chi connectivity index (χ0v) is 9.58. The molecular weight excluding hydrogens is 207 g/mol. The summed E-state index contributed by atoms with van der Waals surface area (Å²) < 4.78 is 31.1. The van der Waals surface area contributed by atoms with Gasteiger partial charge in [-0.25, -0.2) is 8.42 Å². The molecule has 1 aromatic rings. The molecule has 0 aliphatic carbocycles. The molecule has 0 amide bonds. The maximum Gasteiger partial charge on any atom is 1.00 e. The second kappa shape index (κ2) is 4.30. The van der Waals surface area contributed by atoms with E-state index in [1.165, 1.54) is 0 Å². The zero-order valence-electron chi connectivity index (χ0n) is 6.76. The minimum atomic E-state index is -4.62. The molecule has 1 aromatic carbocycles. The average molecular weight is 212 g/mol. The fraction of sp³-hybridized carbons (Fsp3) is 0. The van der Waals surface area contributed by atoms with Crippen molar-refractivity contribution in [2.24, 2.45) is 0 Å². The fourth-order valence-corrected chi connectivity index (χ4v) is 1.24. The van der Waals surface area contributed by atoms with Crippen molar-refractivity contribution in [3.8, 4) is 11.5 Å². The second-order valence-corrected chi connectivity index (χ2v) is 3.52. The number of hydrogen-bond donors (Lipinski definition) is 2. The molecule has 0 aliphatic rings. The van der Waals surface area contributed by atoms with Crippen LogP contribution in [-0.4, -0.2) is 23.2 Å². The van der Waals surface area contributed by atoms with Crippen molar-refractivity contribution in [2.75, 3.05) is 0 Å². The summed E-state index contributed by atoms with van der Waals surface area (Å²) >= 11 is 0. The molecule has 0 aromatic heterocycles. The second-order valence-electron chi connectivity index (χ2n) is 2.14. The van der Waals surface area contributed by atoms with E-state index in [0.717, 1.165) is 18.2 Å². The van der Waals surface area contributed by atoms with E-state index >= 15 is 0 Å². The maximum atomic E-state index is 10.4. The quantitative estimate of drug-likeness (QED) is 0.382. The summed E-state index contributed by atoms with van der Waals surface area (Å²) in [6.45, 7) is 0. The van der Waals surface area contributed by atoms with Gasteiger partial charge >= 0.3 is 29.6 Å². The minimum absolute atomic E-state index is 0. The Hall–Kier alpha value is -0.270. The Morgan fingerprint density at radius 2 is 1.46 bits per heavy atom. The summed E-state index contributed by atoms with van der Waals surface area (Å²) in [7, 11) is -4.62. The summed E-state index contributed by atoms with van der Waals surface area (Å²) in [5.41, 5.74) is 0. The Bertz CT molecular complexity index is 379. The van der Waals surface area contributed by atoms with Crippen LogP contribution < -0.4 is 29.6 Å². The van der Waals surface area contributed by atoms with Gasteiger partial charge in [0.1, 0.15) is 21.6 Å². The molecule has 0 radical (unpaired) electrons. The van der Waals surface area contributed by atoms with Crippen molar-refractivity contribution >= 4 is 10.1 Å². The van der Waals surface area contributed by atoms with Gasteiger partial charge in [0, 0.05) is 6.07 Å². The SMILES string of the molecule is O=S(=O)([O-])c1cc(O)cc(O)c1.[Na+]. The minimum Gasteiger partial charge on any atom is -0.744 e. The molecule has 0 atom stereocenters. The first-order valence-electron chi connectivity index (χ1n) is 2.88. The van der Waals surface area contributed by atoms with Crippen molar-refractivity contribution < 1.29 is 52.7 Å². The van der Waals surface area contributed by atoms with Gasteiger partial charge in [-0.05, 0) is 12.1 Å². The van der Waals surface area contributed by atoms with Gasteiger partial charge in [-0.2, -0.15) is 0 Å². The number of phenols is 2. The van der Waals surface area contributed by atoms with Crippen LogP contribution in [0.1, 0.15) is 0 Å². The van der Waals surface area contributed by atoms with Crippen LogP contribution in [0.3, 0.4) is 0 Å². The van der Waals surface area contributed by atoms with Gasteiger partial charge in [0.15, 0.2) is 0 Å². The zero-order chi connectivity index (χ0) is 9.35. The molecule has 0 saturated heterocycles. The normalized spacial score (nSPS) is 10.5. The predicted octanol–water partition coefficient (Wildman–Crippen LogP) is -2.99. The number of hydrogen-bond acceptors (Lipinski definition) is 5. The Kier molecular flexibility index (Phi) is 4.21. The van der Waals surface area contributed by atoms with Gasteiger partial charge in [-0.15, -0.1) is 0 Å². The van der Waals surface area contributed by atoms with E-state index in [4.69, 9.17) is 10.2 Å². The third kappa shape index (κ3) is 3.53. The number of benzene rings is 1. The van der Waals surface area contributed by atoms with E-state index in [9.17, 15) is 13.0 Å². The predicted molar refractivity (Wildman–Crippen MR) is 37.7 cm³/mol. The first kappa shape index (κ1) is 12.7. The largest absolute Gasteiger partial charge is 1.00 e. The van der Waals surface area contributed by atoms with Crippen molar-refractivity contribution in [3.05, 3.63) is 18.2 Å². The molecule has 0 bridgehead atoms. The summed E-state index contributed by atoms with van der Waals surface area (Å²) in [4.78, 5) is -0.653. The van der Waals surface area contributed by atoms with Crippen molar-refractivity contribution in [2.45, 2.75) is 4.90 Å². The molecule has 0 spiro atoms. The third-order valence-electron chi connectivity index (χ3n) is 1.16. The molecule has 0 saturated carbocycles. The first-order chi connectivity index (χ1) is 5.39. The molecule has 0 unspecified atom stereocenters. The molecule has 0 fully saturated rings. The van der Waals surface area contributed by atoms with Crippen LogP contribution in [0.2, 0.25) is 0 Å². The molecule has 0 aliphatic heterocycles. The van der Waals surface area contributed by atoms with Gasteiger partial charge in [0.05, 0.1) is 4.90 Å². The summed E-state index contributed by atoms with van der Waals surface area (Å²) in [5.74, 6) is -0.936. The van der Waals surface area contributed by atoms with Gasteiger partial charge < -0.3 is 14.8 Å². The maximum absolute atomic E-state index is 10.4. The van der Waals surface area contributed by atoms with Crippen LogP contribution in [0.4, 0.5) is 0 Å². The monoisotopic (exact) mass is 212 g/mol. The van der Waals surface area contributed by atoms with Crippen molar-refractivity contribution in [3.63, 3.8) is 0 Å². The smallest absolute Gasteiger partial charge is 0.744 e. The molecule has 0 heterocycles. The summed E-state index contributed by atoms with van der Waals surface area (Å²) in [6.07, 6.45) is 0. The number of rotatable bonds is 1. The van der Waals surface area contributed by atoms with Gasteiger partial charge in [0.2, 0.25) is 0 Å². The van der Waals surface area contributed by atoms with Crippen LogP contribution in [0.25, 0.3) is 0 Å². The Labute approximate surface area is 97.1 Å². The standard InChI is InChI=1S/C6H6O5S.Na/c7-4-1-5(8)3-6(2-4)12(9,10)11;/h1-3,7-8H,(H,9,10,11);/q;+1/p-1. The Balaban J connectivity index is 0.00000144. The van der Waals surface area contributed by atoms with Crippen LogP contribution in [0.5, 0.6) is 11.5 Å². The van der Waals surface area contributed by atoms with E-state index in [1.807, 2.05) is 0 Å². The molecular formula is C6H5NaO5S.